The van der Waals surface area contributed by atoms with Crippen LogP contribution in [0.15, 0.2) is 70.8 Å². The van der Waals surface area contributed by atoms with Gasteiger partial charge in [-0.3, -0.25) is 24.3 Å². The lowest BCUT2D eigenvalue weighted by molar-refractivity contribution is -0.384. The van der Waals surface area contributed by atoms with Crippen LogP contribution in [0.2, 0.25) is 0 Å². The molecule has 138 valence electrons. The molecule has 0 atom stereocenters. The number of allylic oxidation sites excluding steroid dienone is 1. The zero-order valence-electron chi connectivity index (χ0n) is 14.5. The highest BCUT2D eigenvalue weighted by Crippen LogP contribution is 2.25. The summed E-state index contributed by atoms with van der Waals surface area (Å²) in [6, 6.07) is 12.9. The van der Waals surface area contributed by atoms with Crippen LogP contribution in [-0.4, -0.2) is 14.5 Å². The number of aromatic nitrogens is 2. The molecule has 0 N–H and O–H groups in total. The van der Waals surface area contributed by atoms with Crippen molar-refractivity contribution in [1.29, 1.82) is 0 Å². The molecule has 8 heteroatoms. The van der Waals surface area contributed by atoms with Crippen molar-refractivity contribution in [3.05, 3.63) is 91.9 Å². The van der Waals surface area contributed by atoms with Crippen molar-refractivity contribution in [3.8, 4) is 11.4 Å². The first-order valence-electron chi connectivity index (χ1n) is 8.33. The first-order valence-corrected chi connectivity index (χ1v) is 9.15. The van der Waals surface area contributed by atoms with Crippen LogP contribution in [0.3, 0.4) is 0 Å². The predicted octanol–water partition coefficient (Wildman–Crippen LogP) is 3.73. The second-order valence-corrected chi connectivity index (χ2v) is 7.08. The molecule has 7 nitrogen and oxygen atoms in total. The van der Waals surface area contributed by atoms with Crippen molar-refractivity contribution in [2.45, 2.75) is 6.54 Å². The van der Waals surface area contributed by atoms with Gasteiger partial charge in [-0.1, -0.05) is 18.2 Å². The minimum atomic E-state index is -0.494. The third kappa shape index (κ3) is 2.80. The molecule has 0 radical (unpaired) electrons. The summed E-state index contributed by atoms with van der Waals surface area (Å²) in [6.07, 6.45) is 1.54. The summed E-state index contributed by atoms with van der Waals surface area (Å²) in [6.45, 7) is 3.83. The molecule has 0 aliphatic heterocycles. The molecule has 2 aromatic heterocycles. The minimum Gasteiger partial charge on any atom is -0.288 e. The molecule has 0 spiro atoms. The highest BCUT2D eigenvalue weighted by molar-refractivity contribution is 7.24. The fourth-order valence-electron chi connectivity index (χ4n) is 3.04. The normalized spacial score (nSPS) is 11.0. The maximum atomic E-state index is 13.1. The highest BCUT2D eigenvalue weighted by Gasteiger charge is 2.17. The first-order chi connectivity index (χ1) is 13.5. The largest absolute Gasteiger partial charge is 0.288 e. The Kier molecular flexibility index (Phi) is 4.32. The SMILES string of the molecule is C=CCn1c(-c2ccc([N+](=O)[O-])cc2)nc2sc3ccccc3c(=O)c2c1=O. The number of hydrogen-bond acceptors (Lipinski definition) is 6. The Bertz CT molecular complexity index is 1370. The molecule has 0 unspecified atom stereocenters. The average molecular weight is 391 g/mol. The Morgan fingerprint density at radius 3 is 2.54 bits per heavy atom. The fraction of sp³-hybridized carbons (Fsp3) is 0.0500. The van der Waals surface area contributed by atoms with Crippen molar-refractivity contribution in [1.82, 2.24) is 9.55 Å². The molecule has 28 heavy (non-hydrogen) atoms. The standard InChI is InChI=1S/C20H13N3O4S/c1-2-11-22-18(12-7-9-13(10-8-12)23(26)27)21-19-16(20(22)25)17(24)14-5-3-4-6-15(14)28-19/h2-10H,1,11H2. The Hall–Kier alpha value is -3.65. The Balaban J connectivity index is 2.08. The van der Waals surface area contributed by atoms with E-state index in [0.717, 1.165) is 4.70 Å². The molecule has 2 aromatic carbocycles. The van der Waals surface area contributed by atoms with Crippen molar-refractivity contribution < 1.29 is 4.92 Å². The number of rotatable bonds is 4. The van der Waals surface area contributed by atoms with E-state index < -0.39 is 10.5 Å². The lowest BCUT2D eigenvalue weighted by atomic mass is 10.1. The van der Waals surface area contributed by atoms with Gasteiger partial charge in [-0.2, -0.15) is 0 Å². The van der Waals surface area contributed by atoms with Gasteiger partial charge in [-0.05, 0) is 24.3 Å². The van der Waals surface area contributed by atoms with E-state index in [1.165, 1.54) is 40.2 Å². The molecule has 0 aliphatic carbocycles. The zero-order chi connectivity index (χ0) is 19.8. The van der Waals surface area contributed by atoms with Gasteiger partial charge < -0.3 is 0 Å². The molecular formula is C20H13N3O4S. The molecule has 2 heterocycles. The Morgan fingerprint density at radius 2 is 1.86 bits per heavy atom. The van der Waals surface area contributed by atoms with E-state index in [4.69, 9.17) is 0 Å². The van der Waals surface area contributed by atoms with Crippen molar-refractivity contribution in [3.63, 3.8) is 0 Å². The van der Waals surface area contributed by atoms with Gasteiger partial charge in [-0.15, -0.1) is 17.9 Å². The second-order valence-electron chi connectivity index (χ2n) is 6.05. The van der Waals surface area contributed by atoms with E-state index in [9.17, 15) is 19.7 Å². The molecule has 4 aromatic rings. The van der Waals surface area contributed by atoms with Crippen LogP contribution in [0, 0.1) is 10.1 Å². The van der Waals surface area contributed by atoms with E-state index in [1.54, 1.807) is 18.2 Å². The van der Waals surface area contributed by atoms with Crippen molar-refractivity contribution >= 4 is 37.3 Å². The first kappa shape index (κ1) is 17.7. The average Bonchev–Trinajstić information content (AvgIpc) is 2.70. The summed E-state index contributed by atoms with van der Waals surface area (Å²) in [5.74, 6) is 0.332. The zero-order valence-corrected chi connectivity index (χ0v) is 15.3. The van der Waals surface area contributed by atoms with Gasteiger partial charge in [0.05, 0.1) is 4.92 Å². The smallest absolute Gasteiger partial charge is 0.269 e. The molecule has 0 saturated carbocycles. The van der Waals surface area contributed by atoms with Crippen LogP contribution in [0.1, 0.15) is 0 Å². The van der Waals surface area contributed by atoms with E-state index in [1.807, 2.05) is 12.1 Å². The third-order valence-corrected chi connectivity index (χ3v) is 5.41. The lowest BCUT2D eigenvalue weighted by Crippen LogP contribution is -2.26. The van der Waals surface area contributed by atoms with Crippen LogP contribution in [0.5, 0.6) is 0 Å². The minimum absolute atomic E-state index is 0.0382. The van der Waals surface area contributed by atoms with Gasteiger partial charge in [0.15, 0.2) is 0 Å². The van der Waals surface area contributed by atoms with Crippen LogP contribution >= 0.6 is 11.3 Å². The van der Waals surface area contributed by atoms with Crippen LogP contribution in [0.4, 0.5) is 5.69 Å². The van der Waals surface area contributed by atoms with Gasteiger partial charge in [0.2, 0.25) is 5.43 Å². The summed E-state index contributed by atoms with van der Waals surface area (Å²) in [5.41, 5.74) is -0.322. The van der Waals surface area contributed by atoms with Crippen LogP contribution < -0.4 is 11.0 Å². The maximum absolute atomic E-state index is 13.1. The molecule has 0 amide bonds. The van der Waals surface area contributed by atoms with Crippen molar-refractivity contribution in [2.75, 3.05) is 0 Å². The van der Waals surface area contributed by atoms with E-state index >= 15 is 0 Å². The van der Waals surface area contributed by atoms with Gasteiger partial charge in [0.1, 0.15) is 16.0 Å². The van der Waals surface area contributed by atoms with Crippen LogP contribution in [0.25, 0.3) is 31.7 Å². The van der Waals surface area contributed by atoms with E-state index in [2.05, 4.69) is 11.6 Å². The predicted molar refractivity (Wildman–Crippen MR) is 110 cm³/mol. The van der Waals surface area contributed by atoms with Gasteiger partial charge in [-0.25, -0.2) is 4.98 Å². The topological polar surface area (TPSA) is 95.1 Å². The molecule has 0 aliphatic rings. The monoisotopic (exact) mass is 391 g/mol. The second kappa shape index (κ2) is 6.82. The number of hydrogen-bond donors (Lipinski definition) is 0. The van der Waals surface area contributed by atoms with E-state index in [-0.39, 0.29) is 23.0 Å². The molecule has 4 rings (SSSR count). The highest BCUT2D eigenvalue weighted by atomic mass is 32.1. The summed E-state index contributed by atoms with van der Waals surface area (Å²) in [7, 11) is 0. The lowest BCUT2D eigenvalue weighted by Gasteiger charge is -2.12. The third-order valence-electron chi connectivity index (χ3n) is 4.35. The molecular weight excluding hydrogens is 378 g/mol. The quantitative estimate of drug-likeness (QED) is 0.229. The summed E-state index contributed by atoms with van der Waals surface area (Å²) in [5, 5.41) is 11.4. The number of benzene rings is 2. The van der Waals surface area contributed by atoms with Gasteiger partial charge in [0.25, 0.3) is 11.2 Å². The van der Waals surface area contributed by atoms with Gasteiger partial charge >= 0.3 is 0 Å². The van der Waals surface area contributed by atoms with Gasteiger partial charge in [0, 0.05) is 34.3 Å². The number of nitrogens with zero attached hydrogens (tertiary/aromatic N) is 3. The maximum Gasteiger partial charge on any atom is 0.269 e. The molecule has 0 saturated heterocycles. The van der Waals surface area contributed by atoms with Crippen molar-refractivity contribution in [2.24, 2.45) is 0 Å². The summed E-state index contributed by atoms with van der Waals surface area (Å²) in [4.78, 5) is 41.3. The summed E-state index contributed by atoms with van der Waals surface area (Å²) >= 11 is 1.26. The van der Waals surface area contributed by atoms with E-state index in [0.29, 0.717) is 21.6 Å². The molecule has 0 bridgehead atoms. The Morgan fingerprint density at radius 1 is 1.14 bits per heavy atom. The summed E-state index contributed by atoms with van der Waals surface area (Å²) < 4.78 is 2.10. The number of fused-ring (bicyclic) bond motifs is 2. The number of non-ortho nitro benzene ring substituents is 1. The number of nitro benzene ring substituents is 1. The fourth-order valence-corrected chi connectivity index (χ4v) is 4.08. The van der Waals surface area contributed by atoms with Crippen LogP contribution in [-0.2, 0) is 6.54 Å². The molecule has 0 fully saturated rings. The Labute approximate surface area is 162 Å². The number of nitro groups is 1.